The second-order valence-electron chi connectivity index (χ2n) is 5.75. The van der Waals surface area contributed by atoms with Gasteiger partial charge in [-0.3, -0.25) is 9.59 Å². The lowest BCUT2D eigenvalue weighted by molar-refractivity contribution is 0.0759. The number of amides is 1. The maximum Gasteiger partial charge on any atom is 0.255 e. The third-order valence-corrected chi connectivity index (χ3v) is 6.03. The zero-order valence-corrected chi connectivity index (χ0v) is 16.4. The molecule has 1 fully saturated rings. The number of carbonyl (C=O) groups excluding carboxylic acids is 2. The van der Waals surface area contributed by atoms with Crippen molar-refractivity contribution in [2.75, 3.05) is 19.4 Å². The molecule has 2 aromatic rings. The Balaban J connectivity index is 1.84. The fourth-order valence-corrected chi connectivity index (χ4v) is 4.61. The summed E-state index contributed by atoms with van der Waals surface area (Å²) >= 11 is 5.25. The Hall–Kier alpha value is -1.79. The van der Waals surface area contributed by atoms with Crippen molar-refractivity contribution in [3.63, 3.8) is 0 Å². The minimum Gasteiger partial charge on any atom is -0.496 e. The molecule has 2 aromatic carbocycles. The fraction of sp³-hybridized carbons (Fsp3) is 0.263. The van der Waals surface area contributed by atoms with Gasteiger partial charge in [-0.25, -0.2) is 0 Å². The van der Waals surface area contributed by atoms with Crippen LogP contribution in [0.4, 0.5) is 0 Å². The molecule has 25 heavy (non-hydrogen) atoms. The second-order valence-corrected chi connectivity index (χ2v) is 7.79. The number of hydrogen-bond donors (Lipinski definition) is 0. The highest BCUT2D eigenvalue weighted by Crippen LogP contribution is 2.41. The van der Waals surface area contributed by atoms with E-state index in [0.29, 0.717) is 17.7 Å². The summed E-state index contributed by atoms with van der Waals surface area (Å²) in [4.78, 5) is 26.2. The van der Waals surface area contributed by atoms with Crippen molar-refractivity contribution in [3.8, 4) is 5.75 Å². The Kier molecular flexibility index (Phi) is 5.49. The van der Waals surface area contributed by atoms with Crippen molar-refractivity contribution in [1.82, 2.24) is 4.90 Å². The monoisotopic (exact) mass is 419 g/mol. The zero-order valence-electron chi connectivity index (χ0n) is 14.0. The van der Waals surface area contributed by atoms with Crippen LogP contribution in [0, 0.1) is 0 Å². The number of methoxy groups -OCH3 is 1. The van der Waals surface area contributed by atoms with E-state index in [4.69, 9.17) is 4.74 Å². The number of ketones is 1. The number of benzene rings is 2. The molecule has 0 spiro atoms. The first kappa shape index (κ1) is 18.0. The first-order chi connectivity index (χ1) is 12.0. The summed E-state index contributed by atoms with van der Waals surface area (Å²) < 4.78 is 6.15. The van der Waals surface area contributed by atoms with Crippen LogP contribution < -0.4 is 4.74 Å². The van der Waals surface area contributed by atoms with Crippen molar-refractivity contribution in [2.45, 2.75) is 12.3 Å². The SMILES string of the molecule is COc1ccc(C2SCCN2C(=O)c2ccc(C(C)=O)cc2)cc1Br. The Morgan fingerprint density at radius 1 is 1.16 bits per heavy atom. The lowest BCUT2D eigenvalue weighted by Gasteiger charge is -2.24. The molecule has 0 bridgehead atoms. The number of thioether (sulfide) groups is 1. The molecular formula is C19H18BrNO3S. The lowest BCUT2D eigenvalue weighted by atomic mass is 10.1. The molecule has 0 radical (unpaired) electrons. The first-order valence-electron chi connectivity index (χ1n) is 7.88. The molecule has 6 heteroatoms. The third kappa shape index (κ3) is 3.75. The second kappa shape index (κ2) is 7.62. The normalized spacial score (nSPS) is 16.8. The van der Waals surface area contributed by atoms with E-state index >= 15 is 0 Å². The standard InChI is InChI=1S/C19H18BrNO3S/c1-12(22)13-3-5-14(6-4-13)18(23)21-9-10-25-19(21)15-7-8-17(24-2)16(20)11-15/h3-8,11,19H,9-10H2,1-2H3. The predicted octanol–water partition coefficient (Wildman–Crippen LogP) is 4.55. The molecule has 1 amide bonds. The smallest absolute Gasteiger partial charge is 0.255 e. The molecule has 1 unspecified atom stereocenters. The Morgan fingerprint density at radius 3 is 2.44 bits per heavy atom. The van der Waals surface area contributed by atoms with E-state index in [1.165, 1.54) is 6.92 Å². The highest BCUT2D eigenvalue weighted by atomic mass is 79.9. The first-order valence-corrected chi connectivity index (χ1v) is 9.72. The quantitative estimate of drug-likeness (QED) is 0.681. The minimum atomic E-state index is -0.0258. The van der Waals surface area contributed by atoms with Gasteiger partial charge in [0.05, 0.1) is 11.6 Å². The van der Waals surface area contributed by atoms with Gasteiger partial charge in [-0.15, -0.1) is 11.8 Å². The van der Waals surface area contributed by atoms with Crippen LogP contribution in [0.3, 0.4) is 0 Å². The number of nitrogens with zero attached hydrogens (tertiary/aromatic N) is 1. The molecular weight excluding hydrogens is 402 g/mol. The average Bonchev–Trinajstić information content (AvgIpc) is 3.10. The summed E-state index contributed by atoms with van der Waals surface area (Å²) in [6, 6.07) is 12.8. The maximum absolute atomic E-state index is 12.9. The van der Waals surface area contributed by atoms with Crippen LogP contribution in [0.15, 0.2) is 46.9 Å². The molecule has 1 saturated heterocycles. The van der Waals surface area contributed by atoms with Crippen LogP contribution in [0.5, 0.6) is 5.75 Å². The van der Waals surface area contributed by atoms with Crippen LogP contribution in [-0.2, 0) is 0 Å². The number of ether oxygens (including phenoxy) is 1. The maximum atomic E-state index is 12.9. The van der Waals surface area contributed by atoms with Crippen molar-refractivity contribution in [3.05, 3.63) is 63.6 Å². The average molecular weight is 420 g/mol. The molecule has 0 aliphatic carbocycles. The summed E-state index contributed by atoms with van der Waals surface area (Å²) in [5, 5.41) is -0.0258. The Morgan fingerprint density at radius 2 is 1.84 bits per heavy atom. The molecule has 130 valence electrons. The summed E-state index contributed by atoms with van der Waals surface area (Å²) in [6.07, 6.45) is 0. The van der Waals surface area contributed by atoms with E-state index in [0.717, 1.165) is 21.5 Å². The van der Waals surface area contributed by atoms with E-state index in [2.05, 4.69) is 15.9 Å². The fourth-order valence-electron chi connectivity index (χ4n) is 2.80. The highest BCUT2D eigenvalue weighted by molar-refractivity contribution is 9.10. The summed E-state index contributed by atoms with van der Waals surface area (Å²) in [5.74, 6) is 1.64. The van der Waals surface area contributed by atoms with Crippen LogP contribution >= 0.6 is 27.7 Å². The van der Waals surface area contributed by atoms with Crippen molar-refractivity contribution in [2.24, 2.45) is 0 Å². The van der Waals surface area contributed by atoms with Gasteiger partial charge in [-0.1, -0.05) is 18.2 Å². The minimum absolute atomic E-state index is 0.00307. The van der Waals surface area contributed by atoms with Crippen LogP contribution in [0.1, 0.15) is 38.6 Å². The number of Topliss-reactive ketones (excluding diaryl/α,β-unsaturated/α-hetero) is 1. The highest BCUT2D eigenvalue weighted by Gasteiger charge is 2.31. The van der Waals surface area contributed by atoms with Crippen LogP contribution in [-0.4, -0.2) is 36.0 Å². The Labute approximate surface area is 159 Å². The Bertz CT molecular complexity index is 807. The van der Waals surface area contributed by atoms with Crippen molar-refractivity contribution < 1.29 is 14.3 Å². The van der Waals surface area contributed by atoms with Gasteiger partial charge < -0.3 is 9.64 Å². The third-order valence-electron chi connectivity index (χ3n) is 4.15. The van der Waals surface area contributed by atoms with Gasteiger partial charge in [0.15, 0.2) is 5.78 Å². The van der Waals surface area contributed by atoms with E-state index < -0.39 is 0 Å². The number of carbonyl (C=O) groups is 2. The molecule has 1 aliphatic rings. The van der Waals surface area contributed by atoms with E-state index in [9.17, 15) is 9.59 Å². The van der Waals surface area contributed by atoms with E-state index in [-0.39, 0.29) is 17.1 Å². The molecule has 0 saturated carbocycles. The van der Waals surface area contributed by atoms with Gasteiger partial charge in [0.1, 0.15) is 11.1 Å². The summed E-state index contributed by atoms with van der Waals surface area (Å²) in [5.41, 5.74) is 2.27. The van der Waals surface area contributed by atoms with Gasteiger partial charge in [0, 0.05) is 23.4 Å². The number of halogens is 1. The van der Waals surface area contributed by atoms with E-state index in [1.807, 2.05) is 23.1 Å². The van der Waals surface area contributed by atoms with Crippen LogP contribution in [0.25, 0.3) is 0 Å². The van der Waals surface area contributed by atoms with Gasteiger partial charge >= 0.3 is 0 Å². The number of hydrogen-bond acceptors (Lipinski definition) is 4. The molecule has 4 nitrogen and oxygen atoms in total. The van der Waals surface area contributed by atoms with E-state index in [1.54, 1.807) is 43.1 Å². The molecule has 1 aliphatic heterocycles. The van der Waals surface area contributed by atoms with Crippen molar-refractivity contribution >= 4 is 39.4 Å². The van der Waals surface area contributed by atoms with Crippen LogP contribution in [0.2, 0.25) is 0 Å². The molecule has 3 rings (SSSR count). The van der Waals surface area contributed by atoms with Gasteiger partial charge in [0.25, 0.3) is 5.91 Å². The van der Waals surface area contributed by atoms with Gasteiger partial charge in [0.2, 0.25) is 0 Å². The lowest BCUT2D eigenvalue weighted by Crippen LogP contribution is -2.30. The summed E-state index contributed by atoms with van der Waals surface area (Å²) in [6.45, 7) is 2.22. The van der Waals surface area contributed by atoms with Gasteiger partial charge in [-0.05, 0) is 52.7 Å². The zero-order chi connectivity index (χ0) is 18.0. The van der Waals surface area contributed by atoms with Crippen molar-refractivity contribution in [1.29, 1.82) is 0 Å². The predicted molar refractivity (Wildman–Crippen MR) is 103 cm³/mol. The summed E-state index contributed by atoms with van der Waals surface area (Å²) in [7, 11) is 1.63. The molecule has 1 atom stereocenters. The van der Waals surface area contributed by atoms with Gasteiger partial charge in [-0.2, -0.15) is 0 Å². The topological polar surface area (TPSA) is 46.6 Å². The molecule has 0 aromatic heterocycles. The molecule has 1 heterocycles. The molecule has 0 N–H and O–H groups in total. The number of rotatable bonds is 4. The largest absolute Gasteiger partial charge is 0.496 e.